The zero-order chi connectivity index (χ0) is 14.8. The first-order valence-electron chi connectivity index (χ1n) is 6.03. The summed E-state index contributed by atoms with van der Waals surface area (Å²) in [6, 6.07) is 12.3. The minimum absolute atomic E-state index is 0.198. The van der Waals surface area contributed by atoms with Gasteiger partial charge in [-0.15, -0.1) is 13.2 Å². The summed E-state index contributed by atoms with van der Waals surface area (Å²) in [5, 5.41) is 0. The smallest absolute Gasteiger partial charge is 0.406 e. The van der Waals surface area contributed by atoms with E-state index in [9.17, 15) is 13.2 Å². The molecule has 0 saturated heterocycles. The number of alkyl halides is 3. The maximum absolute atomic E-state index is 12.2. The monoisotopic (exact) mass is 392 g/mol. The molecule has 5 heteroatoms. The second kappa shape index (κ2) is 6.03. The van der Waals surface area contributed by atoms with Crippen LogP contribution in [0.15, 0.2) is 42.5 Å². The summed E-state index contributed by atoms with van der Waals surface area (Å²) in [5.41, 5.74) is 3.09. The van der Waals surface area contributed by atoms with Crippen molar-refractivity contribution in [1.29, 1.82) is 0 Å². The molecule has 2 rings (SSSR count). The molecule has 0 unspecified atom stereocenters. The van der Waals surface area contributed by atoms with E-state index in [0.29, 0.717) is 3.57 Å². The van der Waals surface area contributed by atoms with Gasteiger partial charge >= 0.3 is 6.36 Å². The van der Waals surface area contributed by atoms with Gasteiger partial charge in [-0.3, -0.25) is 0 Å². The van der Waals surface area contributed by atoms with Crippen LogP contribution in [0.4, 0.5) is 13.2 Å². The number of hydrogen-bond donors (Lipinski definition) is 0. The van der Waals surface area contributed by atoms with Crippen molar-refractivity contribution < 1.29 is 17.9 Å². The van der Waals surface area contributed by atoms with E-state index in [2.05, 4.69) is 11.7 Å². The maximum Gasteiger partial charge on any atom is 0.573 e. The molecule has 0 bridgehead atoms. The van der Waals surface area contributed by atoms with E-state index in [1.807, 2.05) is 46.9 Å². The first-order chi connectivity index (χ1) is 9.39. The summed E-state index contributed by atoms with van der Waals surface area (Å²) in [6.45, 7) is 2.07. The minimum Gasteiger partial charge on any atom is -0.406 e. The largest absolute Gasteiger partial charge is 0.573 e. The van der Waals surface area contributed by atoms with Crippen LogP contribution < -0.4 is 4.74 Å². The Morgan fingerprint density at radius 3 is 2.20 bits per heavy atom. The van der Waals surface area contributed by atoms with Gasteiger partial charge in [-0.05, 0) is 63.9 Å². The SMILES string of the molecule is CCc1ccc(-c2ccc(OC(F)(F)F)cc2I)cc1. The van der Waals surface area contributed by atoms with Gasteiger partial charge in [0.15, 0.2) is 0 Å². The zero-order valence-electron chi connectivity index (χ0n) is 10.7. The lowest BCUT2D eigenvalue weighted by Gasteiger charge is -2.11. The molecule has 0 heterocycles. The van der Waals surface area contributed by atoms with Crippen LogP contribution in [-0.4, -0.2) is 6.36 Å². The van der Waals surface area contributed by atoms with E-state index in [0.717, 1.165) is 17.5 Å². The third kappa shape index (κ3) is 3.88. The van der Waals surface area contributed by atoms with E-state index in [1.165, 1.54) is 17.7 Å². The first kappa shape index (κ1) is 15.2. The van der Waals surface area contributed by atoms with Crippen LogP contribution in [0.3, 0.4) is 0 Å². The molecular formula is C15H12F3IO. The van der Waals surface area contributed by atoms with Gasteiger partial charge in [0.1, 0.15) is 5.75 Å². The van der Waals surface area contributed by atoms with Crippen molar-refractivity contribution in [3.8, 4) is 16.9 Å². The van der Waals surface area contributed by atoms with Crippen LogP contribution in [0.2, 0.25) is 0 Å². The minimum atomic E-state index is -4.66. The fourth-order valence-corrected chi connectivity index (χ4v) is 2.65. The number of ether oxygens (including phenoxy) is 1. The quantitative estimate of drug-likeness (QED) is 0.634. The molecule has 0 saturated carbocycles. The molecule has 0 spiro atoms. The Bertz CT molecular complexity index is 591. The van der Waals surface area contributed by atoms with Crippen LogP contribution >= 0.6 is 22.6 Å². The van der Waals surface area contributed by atoms with Gasteiger partial charge in [-0.2, -0.15) is 0 Å². The highest BCUT2D eigenvalue weighted by atomic mass is 127. The van der Waals surface area contributed by atoms with Crippen molar-refractivity contribution in [2.75, 3.05) is 0 Å². The van der Waals surface area contributed by atoms with E-state index in [1.54, 1.807) is 6.07 Å². The lowest BCUT2D eigenvalue weighted by Crippen LogP contribution is -2.17. The van der Waals surface area contributed by atoms with E-state index >= 15 is 0 Å². The summed E-state index contributed by atoms with van der Waals surface area (Å²) < 4.78 is 41.1. The van der Waals surface area contributed by atoms with Gasteiger partial charge < -0.3 is 4.74 Å². The van der Waals surface area contributed by atoms with Gasteiger partial charge in [0.25, 0.3) is 0 Å². The van der Waals surface area contributed by atoms with Crippen LogP contribution in [0.25, 0.3) is 11.1 Å². The lowest BCUT2D eigenvalue weighted by molar-refractivity contribution is -0.274. The number of halogens is 4. The second-order valence-corrected chi connectivity index (χ2v) is 5.40. The molecule has 0 amide bonds. The molecule has 106 valence electrons. The highest BCUT2D eigenvalue weighted by Crippen LogP contribution is 2.31. The number of aryl methyl sites for hydroxylation is 1. The van der Waals surface area contributed by atoms with E-state index in [4.69, 9.17) is 0 Å². The molecule has 0 N–H and O–H groups in total. The predicted molar refractivity (Wildman–Crippen MR) is 80.7 cm³/mol. The summed E-state index contributed by atoms with van der Waals surface area (Å²) in [6.07, 6.45) is -3.71. The van der Waals surface area contributed by atoms with Crippen LogP contribution in [-0.2, 0) is 6.42 Å². The van der Waals surface area contributed by atoms with Crippen molar-refractivity contribution in [3.05, 3.63) is 51.6 Å². The molecule has 0 fully saturated rings. The Morgan fingerprint density at radius 2 is 1.70 bits per heavy atom. The van der Waals surface area contributed by atoms with Gasteiger partial charge in [0, 0.05) is 3.57 Å². The van der Waals surface area contributed by atoms with Gasteiger partial charge in [0.05, 0.1) is 0 Å². The first-order valence-corrected chi connectivity index (χ1v) is 7.11. The molecule has 2 aromatic rings. The third-order valence-corrected chi connectivity index (χ3v) is 3.74. The van der Waals surface area contributed by atoms with Crippen LogP contribution in [0, 0.1) is 3.57 Å². The Kier molecular flexibility index (Phi) is 4.57. The highest BCUT2D eigenvalue weighted by Gasteiger charge is 2.31. The van der Waals surface area contributed by atoms with Crippen LogP contribution in [0.5, 0.6) is 5.75 Å². The van der Waals surface area contributed by atoms with Gasteiger partial charge in [-0.1, -0.05) is 31.2 Å². The average Bonchev–Trinajstić information content (AvgIpc) is 2.37. The van der Waals surface area contributed by atoms with Gasteiger partial charge in [-0.25, -0.2) is 0 Å². The summed E-state index contributed by atoms with van der Waals surface area (Å²) >= 11 is 2.01. The molecule has 0 atom stereocenters. The molecular weight excluding hydrogens is 380 g/mol. The summed E-state index contributed by atoms with van der Waals surface area (Å²) in [7, 11) is 0. The third-order valence-electron chi connectivity index (χ3n) is 2.85. The van der Waals surface area contributed by atoms with Crippen molar-refractivity contribution in [2.24, 2.45) is 0 Å². The normalized spacial score (nSPS) is 11.4. The fraction of sp³-hybridized carbons (Fsp3) is 0.200. The fourth-order valence-electron chi connectivity index (χ4n) is 1.85. The van der Waals surface area contributed by atoms with Crippen molar-refractivity contribution >= 4 is 22.6 Å². The molecule has 0 radical (unpaired) electrons. The predicted octanol–water partition coefficient (Wildman–Crippen LogP) is 5.42. The molecule has 0 aromatic heterocycles. The Balaban J connectivity index is 2.29. The van der Waals surface area contributed by atoms with Crippen molar-refractivity contribution in [2.45, 2.75) is 19.7 Å². The van der Waals surface area contributed by atoms with Gasteiger partial charge in [0.2, 0.25) is 0 Å². The molecule has 0 aliphatic rings. The molecule has 1 nitrogen and oxygen atoms in total. The number of hydrogen-bond acceptors (Lipinski definition) is 1. The zero-order valence-corrected chi connectivity index (χ0v) is 12.8. The van der Waals surface area contributed by atoms with Crippen molar-refractivity contribution in [3.63, 3.8) is 0 Å². The number of benzene rings is 2. The van der Waals surface area contributed by atoms with Crippen LogP contribution in [0.1, 0.15) is 12.5 Å². The molecule has 2 aromatic carbocycles. The standard InChI is InChI=1S/C15H12F3IO/c1-2-10-3-5-11(6-4-10)13-8-7-12(9-14(13)19)20-15(16,17)18/h3-9H,2H2,1H3. The lowest BCUT2D eigenvalue weighted by atomic mass is 10.0. The maximum atomic E-state index is 12.2. The Hall–Kier alpha value is -1.24. The highest BCUT2D eigenvalue weighted by molar-refractivity contribution is 14.1. The summed E-state index contributed by atoms with van der Waals surface area (Å²) in [4.78, 5) is 0. The average molecular weight is 392 g/mol. The number of rotatable bonds is 3. The van der Waals surface area contributed by atoms with E-state index in [-0.39, 0.29) is 5.75 Å². The topological polar surface area (TPSA) is 9.23 Å². The summed E-state index contributed by atoms with van der Waals surface area (Å²) in [5.74, 6) is -0.198. The molecule has 20 heavy (non-hydrogen) atoms. The Morgan fingerprint density at radius 1 is 1.05 bits per heavy atom. The molecule has 0 aliphatic carbocycles. The van der Waals surface area contributed by atoms with Crippen molar-refractivity contribution in [1.82, 2.24) is 0 Å². The second-order valence-electron chi connectivity index (χ2n) is 4.24. The molecule has 0 aliphatic heterocycles. The Labute approximate surface area is 128 Å². The van der Waals surface area contributed by atoms with E-state index < -0.39 is 6.36 Å².